The van der Waals surface area contributed by atoms with Gasteiger partial charge < -0.3 is 24.3 Å². The van der Waals surface area contributed by atoms with E-state index in [0.29, 0.717) is 51.7 Å². The van der Waals surface area contributed by atoms with E-state index in [1.54, 1.807) is 25.4 Å². The van der Waals surface area contributed by atoms with Gasteiger partial charge in [0.25, 0.3) is 5.91 Å². The molecule has 5 aliphatic rings. The zero-order valence-electron chi connectivity index (χ0n) is 33.9. The molecule has 9 rings (SSSR count). The number of anilines is 2. The number of piperazine rings is 1. The van der Waals surface area contributed by atoms with Gasteiger partial charge in [-0.05, 0) is 94.2 Å². The summed E-state index contributed by atoms with van der Waals surface area (Å²) in [5.41, 5.74) is 2.23. The molecule has 1 saturated carbocycles. The van der Waals surface area contributed by atoms with Gasteiger partial charge in [0, 0.05) is 86.3 Å². The van der Waals surface area contributed by atoms with E-state index < -0.39 is 29.4 Å². The number of methoxy groups -OCH3 is 1. The lowest BCUT2D eigenvalue weighted by Crippen LogP contribution is -2.51. The van der Waals surface area contributed by atoms with Gasteiger partial charge in [0.15, 0.2) is 11.8 Å². The molecule has 0 spiro atoms. The fraction of sp³-hybridized carbons (Fsp3) is 0.467. The van der Waals surface area contributed by atoms with Crippen LogP contribution in [0.15, 0.2) is 58.4 Å². The Morgan fingerprint density at radius 1 is 1.00 bits per heavy atom. The lowest BCUT2D eigenvalue weighted by Gasteiger charge is -2.42. The number of pyridine rings is 1. The molecule has 0 unspecified atom stereocenters. The van der Waals surface area contributed by atoms with Crippen molar-refractivity contribution in [2.75, 3.05) is 63.1 Å². The molecule has 3 saturated heterocycles. The molecule has 1 atom stereocenters. The summed E-state index contributed by atoms with van der Waals surface area (Å²) >= 11 is 0. The molecule has 4 fully saturated rings. The van der Waals surface area contributed by atoms with Crippen LogP contribution in [0.25, 0.3) is 17.3 Å². The zero-order chi connectivity index (χ0) is 41.3. The van der Waals surface area contributed by atoms with Gasteiger partial charge in [-0.3, -0.25) is 29.6 Å². The number of imide groups is 1. The molecule has 15 heteroatoms. The summed E-state index contributed by atoms with van der Waals surface area (Å²) in [5.74, 6) is -2.28. The molecule has 3 amide bonds. The number of carbonyl (C=O) groups is 3. The molecule has 0 bridgehead atoms. The van der Waals surface area contributed by atoms with Crippen molar-refractivity contribution in [3.8, 4) is 5.75 Å². The SMILES string of the molecule is COc1cc2c(cc1NC(=O)c1coc3cccnc13)=C/[N+](=C/C1CCC(N3CCN(CCC4CCN(c5cc(F)c([C@H]6CCC(=O)NC6=O)c(F)c5)CC4)CC3)CC1)N=2. The first-order chi connectivity index (χ1) is 29.2. The number of benzene rings is 2. The molecule has 4 aliphatic heterocycles. The van der Waals surface area contributed by atoms with Gasteiger partial charge in [-0.2, -0.15) is 0 Å². The average molecular weight is 822 g/mol. The quantitative estimate of drug-likeness (QED) is 0.172. The Labute approximate surface area is 346 Å². The number of hydrogen-bond donors (Lipinski definition) is 2. The zero-order valence-corrected chi connectivity index (χ0v) is 33.9. The fourth-order valence-electron chi connectivity index (χ4n) is 9.72. The molecule has 4 aromatic rings. The summed E-state index contributed by atoms with van der Waals surface area (Å²) in [6.45, 7) is 6.87. The second-order valence-electron chi connectivity index (χ2n) is 16.8. The molecular formula is C45H51F2N8O5+. The van der Waals surface area contributed by atoms with Gasteiger partial charge in [-0.1, -0.05) is 4.68 Å². The van der Waals surface area contributed by atoms with Gasteiger partial charge in [0.05, 0.1) is 23.9 Å². The topological polar surface area (TPSA) is 136 Å². The second kappa shape index (κ2) is 17.2. The van der Waals surface area contributed by atoms with Crippen LogP contribution in [0, 0.1) is 23.5 Å². The van der Waals surface area contributed by atoms with Gasteiger partial charge in [-0.25, -0.2) is 8.78 Å². The van der Waals surface area contributed by atoms with E-state index in [-0.39, 0.29) is 24.3 Å². The molecule has 2 aromatic carbocycles. The molecule has 1 aliphatic carbocycles. The van der Waals surface area contributed by atoms with Gasteiger partial charge in [0.1, 0.15) is 40.1 Å². The summed E-state index contributed by atoms with van der Waals surface area (Å²) in [6, 6.07) is 10.6. The number of ether oxygens (including phenoxy) is 1. The Bertz CT molecular complexity index is 2430. The van der Waals surface area contributed by atoms with E-state index >= 15 is 8.78 Å². The Hall–Kier alpha value is -5.54. The van der Waals surface area contributed by atoms with Crippen LogP contribution in [0.2, 0.25) is 0 Å². The molecule has 13 nitrogen and oxygen atoms in total. The highest BCUT2D eigenvalue weighted by Gasteiger charge is 2.34. The summed E-state index contributed by atoms with van der Waals surface area (Å²) in [7, 11) is 1.58. The highest BCUT2D eigenvalue weighted by Crippen LogP contribution is 2.34. The summed E-state index contributed by atoms with van der Waals surface area (Å²) in [4.78, 5) is 48.6. The monoisotopic (exact) mass is 821 g/mol. The Kier molecular flexibility index (Phi) is 11.4. The highest BCUT2D eigenvalue weighted by molar-refractivity contribution is 6.11. The van der Waals surface area contributed by atoms with E-state index in [1.807, 2.05) is 27.9 Å². The number of nitrogens with one attached hydrogen (secondary N) is 2. The predicted molar refractivity (Wildman–Crippen MR) is 221 cm³/mol. The number of nitrogens with zero attached hydrogens (tertiary/aromatic N) is 6. The average Bonchev–Trinajstić information content (AvgIpc) is 3.87. The standard InChI is InChI=1S/C45H50F2N8O5/c1-59-40-24-37-30(21-38(40)49-45(58)34-27-60-39-3-2-13-48-43(34)39)26-55(51-37)25-29-4-6-31(7-5-29)54-19-17-52(18-20-54)14-10-28-11-15-53(16-12-28)32-22-35(46)42(36(47)23-32)33-8-9-41(56)50-44(33)57/h2-3,13,21-29,31,33H,4-12,14-20H2,1H3,(H-,49,50,56,57,58)/p+1/b55-25-/t29?,31?,33-/m1/s1. The minimum atomic E-state index is -0.986. The molecule has 60 heavy (non-hydrogen) atoms. The highest BCUT2D eigenvalue weighted by atomic mass is 19.1. The molecular weight excluding hydrogens is 771 g/mol. The van der Waals surface area contributed by atoms with Crippen LogP contribution in [0.3, 0.4) is 0 Å². The summed E-state index contributed by atoms with van der Waals surface area (Å²) in [6.07, 6.45) is 15.1. The minimum absolute atomic E-state index is 0.0739. The van der Waals surface area contributed by atoms with Crippen molar-refractivity contribution in [3.05, 3.63) is 82.2 Å². The largest absolute Gasteiger partial charge is 0.494 e. The lowest BCUT2D eigenvalue weighted by atomic mass is 9.85. The van der Waals surface area contributed by atoms with Crippen molar-refractivity contribution in [1.29, 1.82) is 0 Å². The Morgan fingerprint density at radius 2 is 1.77 bits per heavy atom. The first-order valence-electron chi connectivity index (χ1n) is 21.3. The Balaban J connectivity index is 0.711. The maximum atomic E-state index is 15.2. The van der Waals surface area contributed by atoms with E-state index in [1.165, 1.54) is 18.4 Å². The van der Waals surface area contributed by atoms with Gasteiger partial charge >= 0.3 is 0 Å². The third kappa shape index (κ3) is 8.42. The molecule has 314 valence electrons. The maximum absolute atomic E-state index is 15.2. The normalized spacial score (nSPS) is 23.6. The van der Waals surface area contributed by atoms with Crippen LogP contribution < -0.4 is 30.8 Å². The van der Waals surface area contributed by atoms with Gasteiger partial charge in [0.2, 0.25) is 18.0 Å². The number of halogens is 2. The van der Waals surface area contributed by atoms with Gasteiger partial charge in [-0.15, -0.1) is 0 Å². The van der Waals surface area contributed by atoms with E-state index in [9.17, 15) is 14.4 Å². The van der Waals surface area contributed by atoms with Crippen LogP contribution >= 0.6 is 0 Å². The summed E-state index contributed by atoms with van der Waals surface area (Å²) in [5, 5.41) is 11.7. The van der Waals surface area contributed by atoms with Crippen molar-refractivity contribution >= 4 is 52.6 Å². The van der Waals surface area contributed by atoms with Crippen molar-refractivity contribution in [3.63, 3.8) is 0 Å². The number of furan rings is 1. The number of piperidine rings is 2. The van der Waals surface area contributed by atoms with E-state index in [2.05, 4.69) is 31.6 Å². The number of amides is 3. The molecule has 2 N–H and O–H groups in total. The van der Waals surface area contributed by atoms with Crippen LogP contribution in [0.5, 0.6) is 5.75 Å². The van der Waals surface area contributed by atoms with Crippen molar-refractivity contribution in [2.45, 2.75) is 69.7 Å². The number of hydrogen-bond acceptors (Lipinski definition) is 10. The number of rotatable bonds is 10. The maximum Gasteiger partial charge on any atom is 0.261 e. The van der Waals surface area contributed by atoms with Crippen molar-refractivity contribution in [1.82, 2.24) is 20.1 Å². The Morgan fingerprint density at radius 3 is 2.50 bits per heavy atom. The molecule has 6 heterocycles. The fourth-order valence-corrected chi connectivity index (χ4v) is 9.72. The van der Waals surface area contributed by atoms with E-state index in [0.717, 1.165) is 101 Å². The van der Waals surface area contributed by atoms with Crippen LogP contribution in [0.1, 0.15) is 79.6 Å². The van der Waals surface area contributed by atoms with Crippen LogP contribution in [-0.4, -0.2) is 102 Å². The molecule has 2 aromatic heterocycles. The third-order valence-electron chi connectivity index (χ3n) is 13.2. The summed E-state index contributed by atoms with van der Waals surface area (Å²) < 4.78 is 43.4. The first-order valence-corrected chi connectivity index (χ1v) is 21.3. The number of carbonyl (C=O) groups excluding carboxylic acids is 3. The van der Waals surface area contributed by atoms with E-state index in [4.69, 9.17) is 14.3 Å². The first kappa shape index (κ1) is 39.9. The lowest BCUT2D eigenvalue weighted by molar-refractivity contribution is -0.424. The smallest absolute Gasteiger partial charge is 0.261 e. The van der Waals surface area contributed by atoms with Crippen LogP contribution in [-0.2, 0) is 9.59 Å². The predicted octanol–water partition coefficient (Wildman–Crippen LogP) is 4.74. The third-order valence-corrected chi connectivity index (χ3v) is 13.2. The van der Waals surface area contributed by atoms with Crippen molar-refractivity contribution in [2.24, 2.45) is 16.9 Å². The van der Waals surface area contributed by atoms with Crippen molar-refractivity contribution < 1.29 is 37.0 Å². The second-order valence-corrected chi connectivity index (χ2v) is 16.8. The number of fused-ring (bicyclic) bond motifs is 2. The number of aromatic nitrogens is 1. The van der Waals surface area contributed by atoms with Crippen LogP contribution in [0.4, 0.5) is 20.2 Å². The molecule has 0 radical (unpaired) electrons. The minimum Gasteiger partial charge on any atom is -0.494 e.